The predicted molar refractivity (Wildman–Crippen MR) is 75.6 cm³/mol. The van der Waals surface area contributed by atoms with E-state index in [1.54, 1.807) is 0 Å². The zero-order chi connectivity index (χ0) is 13.0. The summed E-state index contributed by atoms with van der Waals surface area (Å²) in [5.74, 6) is 0. The van der Waals surface area contributed by atoms with Gasteiger partial charge in [0.05, 0.1) is 0 Å². The quantitative estimate of drug-likeness (QED) is 0.826. The molecule has 1 aliphatic heterocycles. The number of hydrogen-bond donors (Lipinski definition) is 2. The van der Waals surface area contributed by atoms with Crippen LogP contribution >= 0.6 is 11.6 Å². The summed E-state index contributed by atoms with van der Waals surface area (Å²) in [6.07, 6.45) is 4.46. The summed E-state index contributed by atoms with van der Waals surface area (Å²) in [7, 11) is 0. The van der Waals surface area contributed by atoms with E-state index >= 15 is 0 Å². The van der Waals surface area contributed by atoms with E-state index in [0.717, 1.165) is 42.2 Å². The van der Waals surface area contributed by atoms with Crippen LogP contribution in [0, 0.1) is 0 Å². The maximum absolute atomic E-state index is 9.13. The number of nitrogens with zero attached hydrogens (tertiary/aromatic N) is 1. The average Bonchev–Trinajstić information content (AvgIpc) is 2.36. The number of benzene rings is 1. The Morgan fingerprint density at radius 2 is 2.22 bits per heavy atom. The van der Waals surface area contributed by atoms with Crippen molar-refractivity contribution in [1.29, 1.82) is 0 Å². The molecule has 3 N–H and O–H groups in total. The molecule has 0 aliphatic carbocycles. The Bertz CT molecular complexity index is 375. The van der Waals surface area contributed by atoms with Gasteiger partial charge in [0.2, 0.25) is 0 Å². The molecule has 0 amide bonds. The summed E-state index contributed by atoms with van der Waals surface area (Å²) >= 11 is 6.22. The van der Waals surface area contributed by atoms with E-state index in [1.807, 2.05) is 18.2 Å². The van der Waals surface area contributed by atoms with E-state index < -0.39 is 0 Å². The van der Waals surface area contributed by atoms with E-state index in [9.17, 15) is 0 Å². The highest BCUT2D eigenvalue weighted by Crippen LogP contribution is 2.27. The summed E-state index contributed by atoms with van der Waals surface area (Å²) in [6.45, 7) is 2.10. The number of nitrogens with two attached hydrogens (primary N) is 1. The minimum atomic E-state index is 0.249. The lowest BCUT2D eigenvalue weighted by molar-refractivity contribution is 0.113. The largest absolute Gasteiger partial charge is 0.398 e. The molecule has 4 heteroatoms. The van der Waals surface area contributed by atoms with Gasteiger partial charge in [0, 0.05) is 35.5 Å². The lowest BCUT2D eigenvalue weighted by Gasteiger charge is -2.36. The molecule has 1 aromatic rings. The molecular formula is C14H21ClN2O. The molecule has 0 spiro atoms. The second-order valence-corrected chi connectivity index (χ2v) is 5.35. The number of likely N-dealkylation sites (tertiary alicyclic amines) is 1. The predicted octanol–water partition coefficient (Wildman–Crippen LogP) is 2.66. The van der Waals surface area contributed by atoms with Crippen molar-refractivity contribution in [2.75, 3.05) is 18.9 Å². The van der Waals surface area contributed by atoms with Crippen LogP contribution in [0.3, 0.4) is 0 Å². The smallest absolute Gasteiger partial charge is 0.0471 e. The normalized spacial score (nSPS) is 21.1. The molecule has 1 atom stereocenters. The number of aliphatic hydroxyl groups is 1. The van der Waals surface area contributed by atoms with Crippen LogP contribution in [0.25, 0.3) is 0 Å². The molecule has 1 heterocycles. The fraction of sp³-hybridized carbons (Fsp3) is 0.571. The highest BCUT2D eigenvalue weighted by molar-refractivity contribution is 6.31. The summed E-state index contributed by atoms with van der Waals surface area (Å²) in [5.41, 5.74) is 7.78. The van der Waals surface area contributed by atoms with Crippen LogP contribution in [0.2, 0.25) is 5.02 Å². The van der Waals surface area contributed by atoms with Crippen molar-refractivity contribution in [3.8, 4) is 0 Å². The third kappa shape index (κ3) is 3.16. The van der Waals surface area contributed by atoms with Gasteiger partial charge in [0.15, 0.2) is 0 Å². The molecule has 1 fully saturated rings. The van der Waals surface area contributed by atoms with E-state index in [1.165, 1.54) is 12.8 Å². The Morgan fingerprint density at radius 3 is 2.94 bits per heavy atom. The molecule has 0 saturated carbocycles. The highest BCUT2D eigenvalue weighted by atomic mass is 35.5. The van der Waals surface area contributed by atoms with E-state index in [4.69, 9.17) is 22.4 Å². The molecule has 2 rings (SSSR count). The van der Waals surface area contributed by atoms with Gasteiger partial charge < -0.3 is 10.8 Å². The summed E-state index contributed by atoms with van der Waals surface area (Å²) in [6, 6.07) is 6.12. The van der Waals surface area contributed by atoms with Gasteiger partial charge in [-0.25, -0.2) is 0 Å². The first kappa shape index (κ1) is 13.7. The average molecular weight is 269 g/mol. The maximum atomic E-state index is 9.13. The van der Waals surface area contributed by atoms with Crippen molar-refractivity contribution in [3.63, 3.8) is 0 Å². The van der Waals surface area contributed by atoms with E-state index in [0.29, 0.717) is 6.04 Å². The Kier molecular flexibility index (Phi) is 4.87. The Labute approximate surface area is 114 Å². The molecular weight excluding hydrogens is 248 g/mol. The fourth-order valence-corrected chi connectivity index (χ4v) is 2.93. The van der Waals surface area contributed by atoms with Gasteiger partial charge in [-0.15, -0.1) is 0 Å². The van der Waals surface area contributed by atoms with Crippen molar-refractivity contribution in [2.45, 2.75) is 38.3 Å². The number of aliphatic hydroxyl groups excluding tert-OH is 1. The zero-order valence-electron chi connectivity index (χ0n) is 10.6. The third-order valence-electron chi connectivity index (χ3n) is 3.73. The molecule has 3 nitrogen and oxygen atoms in total. The summed E-state index contributed by atoms with van der Waals surface area (Å²) < 4.78 is 0. The first-order valence-corrected chi connectivity index (χ1v) is 6.98. The van der Waals surface area contributed by atoms with Crippen LogP contribution in [-0.2, 0) is 6.54 Å². The number of rotatable bonds is 4. The zero-order valence-corrected chi connectivity index (χ0v) is 11.4. The number of anilines is 1. The minimum Gasteiger partial charge on any atom is -0.398 e. The Balaban J connectivity index is 2.11. The van der Waals surface area contributed by atoms with Crippen molar-refractivity contribution >= 4 is 17.3 Å². The van der Waals surface area contributed by atoms with Gasteiger partial charge in [-0.2, -0.15) is 0 Å². The first-order valence-electron chi connectivity index (χ1n) is 6.60. The molecule has 0 aromatic heterocycles. The van der Waals surface area contributed by atoms with Crippen LogP contribution in [0.1, 0.15) is 31.2 Å². The summed E-state index contributed by atoms with van der Waals surface area (Å²) in [4.78, 5) is 2.40. The molecule has 1 aliphatic rings. The van der Waals surface area contributed by atoms with Gasteiger partial charge in [0.25, 0.3) is 0 Å². The topological polar surface area (TPSA) is 49.5 Å². The molecule has 1 saturated heterocycles. The van der Waals surface area contributed by atoms with Gasteiger partial charge >= 0.3 is 0 Å². The number of nitrogen functional groups attached to an aromatic ring is 1. The number of piperidine rings is 1. The van der Waals surface area contributed by atoms with Crippen LogP contribution in [0.15, 0.2) is 18.2 Å². The Hall–Kier alpha value is -0.770. The van der Waals surface area contributed by atoms with Gasteiger partial charge in [-0.05, 0) is 37.9 Å². The van der Waals surface area contributed by atoms with E-state index in [2.05, 4.69) is 4.90 Å². The summed E-state index contributed by atoms with van der Waals surface area (Å²) in [5, 5.41) is 9.87. The van der Waals surface area contributed by atoms with Gasteiger partial charge in [0.1, 0.15) is 0 Å². The molecule has 18 heavy (non-hydrogen) atoms. The Morgan fingerprint density at radius 1 is 1.39 bits per heavy atom. The first-order chi connectivity index (χ1) is 8.72. The second kappa shape index (κ2) is 6.41. The molecule has 0 radical (unpaired) electrons. The lowest BCUT2D eigenvalue weighted by Crippen LogP contribution is -2.39. The van der Waals surface area contributed by atoms with Crippen LogP contribution in [0.5, 0.6) is 0 Å². The minimum absolute atomic E-state index is 0.249. The SMILES string of the molecule is Nc1cccc(Cl)c1CN1CCCCC1CCO. The maximum Gasteiger partial charge on any atom is 0.0471 e. The van der Waals surface area contributed by atoms with Gasteiger partial charge in [-0.1, -0.05) is 24.1 Å². The molecule has 1 aromatic carbocycles. The number of hydrogen-bond acceptors (Lipinski definition) is 3. The monoisotopic (exact) mass is 268 g/mol. The third-order valence-corrected chi connectivity index (χ3v) is 4.08. The highest BCUT2D eigenvalue weighted by Gasteiger charge is 2.23. The van der Waals surface area contributed by atoms with Crippen molar-refractivity contribution in [2.24, 2.45) is 0 Å². The van der Waals surface area contributed by atoms with Crippen LogP contribution in [-0.4, -0.2) is 29.2 Å². The van der Waals surface area contributed by atoms with Gasteiger partial charge in [-0.3, -0.25) is 4.90 Å². The second-order valence-electron chi connectivity index (χ2n) is 4.94. The molecule has 100 valence electrons. The molecule has 1 unspecified atom stereocenters. The fourth-order valence-electron chi connectivity index (χ4n) is 2.69. The van der Waals surface area contributed by atoms with Crippen molar-refractivity contribution in [1.82, 2.24) is 4.90 Å². The lowest BCUT2D eigenvalue weighted by atomic mass is 9.98. The van der Waals surface area contributed by atoms with Crippen LogP contribution < -0.4 is 5.73 Å². The van der Waals surface area contributed by atoms with E-state index in [-0.39, 0.29) is 6.61 Å². The molecule has 0 bridgehead atoms. The number of halogens is 1. The van der Waals surface area contributed by atoms with Crippen LogP contribution in [0.4, 0.5) is 5.69 Å². The van der Waals surface area contributed by atoms with Crippen molar-refractivity contribution in [3.05, 3.63) is 28.8 Å². The van der Waals surface area contributed by atoms with Crippen molar-refractivity contribution < 1.29 is 5.11 Å². The standard InChI is InChI=1S/C14H21ClN2O/c15-13-5-3-6-14(16)12(13)10-17-8-2-1-4-11(17)7-9-18/h3,5-6,11,18H,1-2,4,7-10,16H2.